The average Bonchev–Trinajstić information content (AvgIpc) is 2.48. The van der Waals surface area contributed by atoms with Gasteiger partial charge in [-0.25, -0.2) is 4.79 Å². The Morgan fingerprint density at radius 1 is 0.952 bits per heavy atom. The molecule has 0 aliphatic rings. The van der Waals surface area contributed by atoms with Gasteiger partial charge < -0.3 is 10.4 Å². The minimum absolute atomic E-state index is 0.189. The lowest BCUT2D eigenvalue weighted by molar-refractivity contribution is -0.111. The molecule has 5 heteroatoms. The molecule has 0 unspecified atom stereocenters. The zero-order valence-electron chi connectivity index (χ0n) is 11.0. The van der Waals surface area contributed by atoms with E-state index in [-0.39, 0.29) is 11.5 Å². The molecule has 0 heterocycles. The van der Waals surface area contributed by atoms with E-state index < -0.39 is 5.97 Å². The van der Waals surface area contributed by atoms with Crippen LogP contribution < -0.4 is 5.32 Å². The number of hydrogen-bond acceptors (Lipinski definition) is 3. The van der Waals surface area contributed by atoms with E-state index in [0.717, 1.165) is 0 Å². The first-order chi connectivity index (χ1) is 10.1. The summed E-state index contributed by atoms with van der Waals surface area (Å²) in [6, 6.07) is 15.2. The number of carbonyl (C=O) groups excluding carboxylic acids is 1. The lowest BCUT2D eigenvalue weighted by Crippen LogP contribution is -2.08. The molecule has 0 fully saturated rings. The molecule has 21 heavy (non-hydrogen) atoms. The van der Waals surface area contributed by atoms with Gasteiger partial charge in [0.25, 0.3) is 0 Å². The van der Waals surface area contributed by atoms with Crippen molar-refractivity contribution in [1.82, 2.24) is 0 Å². The van der Waals surface area contributed by atoms with Crippen LogP contribution in [0, 0.1) is 0 Å². The maximum absolute atomic E-state index is 11.8. The Hall–Kier alpha value is -2.53. The number of thiol groups is 1. The summed E-state index contributed by atoms with van der Waals surface area (Å²) in [5.74, 6) is -1.29. The molecular weight excluding hydrogens is 286 g/mol. The molecule has 0 atom stereocenters. The number of carbonyl (C=O) groups is 2. The molecule has 0 radical (unpaired) electrons. The maximum Gasteiger partial charge on any atom is 0.335 e. The van der Waals surface area contributed by atoms with Crippen molar-refractivity contribution in [3.05, 3.63) is 71.8 Å². The highest BCUT2D eigenvalue weighted by molar-refractivity contribution is 7.90. The second-order valence-corrected chi connectivity index (χ2v) is 4.75. The highest BCUT2D eigenvalue weighted by Crippen LogP contribution is 2.19. The number of rotatable bonds is 4. The zero-order valence-corrected chi connectivity index (χ0v) is 11.9. The molecule has 1 amide bonds. The Morgan fingerprint density at radius 2 is 1.52 bits per heavy atom. The fourth-order valence-corrected chi connectivity index (χ4v) is 1.96. The number of amides is 1. The summed E-state index contributed by atoms with van der Waals surface area (Å²) in [4.78, 5) is 23.1. The van der Waals surface area contributed by atoms with Gasteiger partial charge in [0.2, 0.25) is 5.91 Å². The summed E-state index contributed by atoms with van der Waals surface area (Å²) in [5.41, 5.74) is 1.56. The smallest absolute Gasteiger partial charge is 0.335 e. The zero-order chi connectivity index (χ0) is 15.2. The van der Waals surface area contributed by atoms with Crippen molar-refractivity contribution in [2.45, 2.75) is 0 Å². The molecule has 2 N–H and O–H groups in total. The molecule has 0 bridgehead atoms. The topological polar surface area (TPSA) is 66.4 Å². The lowest BCUT2D eigenvalue weighted by atomic mass is 10.1. The quantitative estimate of drug-likeness (QED) is 0.599. The summed E-state index contributed by atoms with van der Waals surface area (Å²) in [5, 5.41) is 11.5. The number of anilines is 1. The molecule has 0 spiro atoms. The summed E-state index contributed by atoms with van der Waals surface area (Å²) in [6.45, 7) is 0. The van der Waals surface area contributed by atoms with Crippen LogP contribution in [0.3, 0.4) is 0 Å². The van der Waals surface area contributed by atoms with Gasteiger partial charge in [0.15, 0.2) is 0 Å². The van der Waals surface area contributed by atoms with Crippen LogP contribution >= 0.6 is 12.6 Å². The second kappa shape index (κ2) is 6.76. The first-order valence-corrected chi connectivity index (χ1v) is 6.61. The monoisotopic (exact) mass is 299 g/mol. The van der Waals surface area contributed by atoms with Crippen molar-refractivity contribution in [1.29, 1.82) is 0 Å². The van der Waals surface area contributed by atoms with Crippen LogP contribution in [0.1, 0.15) is 15.9 Å². The Bertz CT molecular complexity index is 678. The van der Waals surface area contributed by atoms with Crippen LogP contribution in [0.4, 0.5) is 5.69 Å². The van der Waals surface area contributed by atoms with Crippen LogP contribution in [-0.4, -0.2) is 17.0 Å². The highest BCUT2D eigenvalue weighted by atomic mass is 32.1. The van der Waals surface area contributed by atoms with Gasteiger partial charge in [0.1, 0.15) is 0 Å². The van der Waals surface area contributed by atoms with E-state index in [2.05, 4.69) is 17.9 Å². The van der Waals surface area contributed by atoms with Crippen molar-refractivity contribution in [3.63, 3.8) is 0 Å². The molecule has 4 nitrogen and oxygen atoms in total. The number of benzene rings is 2. The Balaban J connectivity index is 2.09. The Morgan fingerprint density at radius 3 is 2.10 bits per heavy atom. The summed E-state index contributed by atoms with van der Waals surface area (Å²) < 4.78 is 0. The number of carboxylic acid groups (broad SMARTS) is 1. The van der Waals surface area contributed by atoms with Gasteiger partial charge in [-0.05, 0) is 29.8 Å². The Labute approximate surface area is 127 Å². The van der Waals surface area contributed by atoms with E-state index >= 15 is 0 Å². The van der Waals surface area contributed by atoms with Crippen LogP contribution in [0.5, 0.6) is 0 Å². The summed E-state index contributed by atoms with van der Waals surface area (Å²) in [7, 11) is 0. The van der Waals surface area contributed by atoms with Gasteiger partial charge in [-0.15, -0.1) is 12.6 Å². The van der Waals surface area contributed by atoms with Crippen LogP contribution in [0.25, 0.3) is 4.91 Å². The van der Waals surface area contributed by atoms with E-state index in [0.29, 0.717) is 16.2 Å². The first kappa shape index (κ1) is 14.9. The Kier molecular flexibility index (Phi) is 4.79. The molecule has 0 aliphatic heterocycles. The molecule has 2 rings (SSSR count). The van der Waals surface area contributed by atoms with Gasteiger partial charge >= 0.3 is 5.97 Å². The SMILES string of the molecule is O=C(/C=C(\S)c1ccc(C(=O)O)cc1)Nc1ccccc1. The van der Waals surface area contributed by atoms with Gasteiger partial charge in [0.05, 0.1) is 5.56 Å². The molecule has 0 saturated carbocycles. The number of aromatic carboxylic acids is 1. The van der Waals surface area contributed by atoms with Crippen LogP contribution in [0.15, 0.2) is 60.7 Å². The van der Waals surface area contributed by atoms with Gasteiger partial charge in [-0.3, -0.25) is 4.79 Å². The van der Waals surface area contributed by atoms with E-state index in [1.807, 2.05) is 18.2 Å². The minimum Gasteiger partial charge on any atom is -0.478 e. The highest BCUT2D eigenvalue weighted by Gasteiger charge is 2.05. The summed E-state index contributed by atoms with van der Waals surface area (Å²) in [6.07, 6.45) is 1.35. The maximum atomic E-state index is 11.8. The fourth-order valence-electron chi connectivity index (χ4n) is 1.69. The van der Waals surface area contributed by atoms with Crippen molar-refractivity contribution in [3.8, 4) is 0 Å². The molecule has 2 aromatic carbocycles. The molecule has 106 valence electrons. The number of nitrogens with one attached hydrogen (secondary N) is 1. The molecular formula is C16H13NO3S. The largest absolute Gasteiger partial charge is 0.478 e. The van der Waals surface area contributed by atoms with E-state index in [4.69, 9.17) is 5.11 Å². The molecule has 0 saturated heterocycles. The summed E-state index contributed by atoms with van der Waals surface area (Å²) >= 11 is 4.26. The molecule has 2 aromatic rings. The number of hydrogen-bond donors (Lipinski definition) is 3. The molecule has 0 aliphatic carbocycles. The van der Waals surface area contributed by atoms with Crippen LogP contribution in [-0.2, 0) is 4.79 Å². The van der Waals surface area contributed by atoms with E-state index in [1.165, 1.54) is 18.2 Å². The van der Waals surface area contributed by atoms with E-state index in [9.17, 15) is 9.59 Å². The number of carboxylic acids is 1. The average molecular weight is 299 g/mol. The van der Waals surface area contributed by atoms with Gasteiger partial charge in [0, 0.05) is 16.7 Å². The third-order valence-corrected chi connectivity index (χ3v) is 3.12. The fraction of sp³-hybridized carbons (Fsp3) is 0. The van der Waals surface area contributed by atoms with Crippen molar-refractivity contribution >= 4 is 35.1 Å². The van der Waals surface area contributed by atoms with Crippen molar-refractivity contribution in [2.24, 2.45) is 0 Å². The third-order valence-electron chi connectivity index (χ3n) is 2.74. The predicted molar refractivity (Wildman–Crippen MR) is 85.4 cm³/mol. The van der Waals surface area contributed by atoms with Crippen LogP contribution in [0.2, 0.25) is 0 Å². The minimum atomic E-state index is -0.993. The molecule has 0 aromatic heterocycles. The van der Waals surface area contributed by atoms with Gasteiger partial charge in [-0.2, -0.15) is 0 Å². The first-order valence-electron chi connectivity index (χ1n) is 6.16. The van der Waals surface area contributed by atoms with Crippen molar-refractivity contribution < 1.29 is 14.7 Å². The number of para-hydroxylation sites is 1. The lowest BCUT2D eigenvalue weighted by Gasteiger charge is -2.04. The predicted octanol–water partition coefficient (Wildman–Crippen LogP) is 3.29. The standard InChI is InChI=1S/C16H13NO3S/c18-15(17-13-4-2-1-3-5-13)10-14(21)11-6-8-12(9-7-11)16(19)20/h1-10,21H,(H,17,18)(H,19,20)/b14-10-. The van der Waals surface area contributed by atoms with Crippen molar-refractivity contribution in [2.75, 3.05) is 5.32 Å². The second-order valence-electron chi connectivity index (χ2n) is 4.27. The van der Waals surface area contributed by atoms with Gasteiger partial charge in [-0.1, -0.05) is 30.3 Å². The van der Waals surface area contributed by atoms with E-state index in [1.54, 1.807) is 24.3 Å². The normalized spacial score (nSPS) is 11.0. The third kappa shape index (κ3) is 4.22.